The molecule has 0 atom stereocenters. The lowest BCUT2D eigenvalue weighted by atomic mass is 10.0. The number of nitrogens with zero attached hydrogens (tertiary/aromatic N) is 1. The summed E-state index contributed by atoms with van der Waals surface area (Å²) in [7, 11) is 0. The molecule has 3 nitrogen and oxygen atoms in total. The third-order valence-corrected chi connectivity index (χ3v) is 4.51. The van der Waals surface area contributed by atoms with Crippen LogP contribution in [0.3, 0.4) is 0 Å². The van der Waals surface area contributed by atoms with Gasteiger partial charge in [-0.2, -0.15) is 0 Å². The Labute approximate surface area is 144 Å². The van der Waals surface area contributed by atoms with Gasteiger partial charge in [0.05, 0.1) is 0 Å². The van der Waals surface area contributed by atoms with Gasteiger partial charge in [-0.15, -0.1) is 0 Å². The van der Waals surface area contributed by atoms with Gasteiger partial charge in [-0.3, -0.25) is 10.0 Å². The van der Waals surface area contributed by atoms with Crippen LogP contribution < -0.4 is 0 Å². The molecular formula is C20H41NO2. The Hall–Kier alpha value is -0.570. The molecule has 138 valence electrons. The van der Waals surface area contributed by atoms with Gasteiger partial charge in [0.1, 0.15) is 0 Å². The summed E-state index contributed by atoms with van der Waals surface area (Å²) in [5.74, 6) is 0.725. The highest BCUT2D eigenvalue weighted by Crippen LogP contribution is 2.14. The van der Waals surface area contributed by atoms with Gasteiger partial charge in [-0.25, -0.2) is 5.06 Å². The van der Waals surface area contributed by atoms with E-state index in [1.807, 2.05) is 0 Å². The summed E-state index contributed by atoms with van der Waals surface area (Å²) in [6.07, 6.45) is 17.6. The van der Waals surface area contributed by atoms with Crippen molar-refractivity contribution >= 4 is 5.91 Å². The third kappa shape index (κ3) is 16.1. The van der Waals surface area contributed by atoms with E-state index in [1.54, 1.807) is 6.92 Å². The molecule has 0 aliphatic heterocycles. The van der Waals surface area contributed by atoms with Crippen LogP contribution in [0.5, 0.6) is 0 Å². The lowest BCUT2D eigenvalue weighted by molar-refractivity contribution is -0.164. The van der Waals surface area contributed by atoms with Gasteiger partial charge in [0.2, 0.25) is 5.91 Å². The number of unbranched alkanes of at least 4 members (excludes halogenated alkanes) is 11. The molecule has 23 heavy (non-hydrogen) atoms. The van der Waals surface area contributed by atoms with Crippen LogP contribution in [-0.4, -0.2) is 22.7 Å². The number of hydrogen-bond donors (Lipinski definition) is 1. The number of hydroxylamine groups is 2. The zero-order valence-electron chi connectivity index (χ0n) is 16.0. The summed E-state index contributed by atoms with van der Waals surface area (Å²) >= 11 is 0. The molecule has 0 saturated heterocycles. The molecule has 0 aliphatic carbocycles. The van der Waals surface area contributed by atoms with Crippen molar-refractivity contribution in [1.82, 2.24) is 5.06 Å². The van der Waals surface area contributed by atoms with Gasteiger partial charge < -0.3 is 0 Å². The van der Waals surface area contributed by atoms with Crippen molar-refractivity contribution in [3.05, 3.63) is 0 Å². The van der Waals surface area contributed by atoms with Crippen LogP contribution in [0.2, 0.25) is 0 Å². The summed E-state index contributed by atoms with van der Waals surface area (Å²) in [5, 5.41) is 10.0. The lowest BCUT2D eigenvalue weighted by Crippen LogP contribution is -2.26. The highest BCUT2D eigenvalue weighted by molar-refractivity contribution is 5.74. The van der Waals surface area contributed by atoms with Crippen molar-refractivity contribution < 1.29 is 10.0 Å². The van der Waals surface area contributed by atoms with Crippen molar-refractivity contribution in [1.29, 1.82) is 0 Å². The summed E-state index contributed by atoms with van der Waals surface area (Å²) in [5.41, 5.74) is 0. The summed E-state index contributed by atoms with van der Waals surface area (Å²) in [6, 6.07) is 0. The van der Waals surface area contributed by atoms with Crippen LogP contribution in [0.25, 0.3) is 0 Å². The minimum Gasteiger partial charge on any atom is -0.286 e. The molecule has 0 bridgehead atoms. The van der Waals surface area contributed by atoms with E-state index in [2.05, 4.69) is 13.8 Å². The maximum Gasteiger partial charge on any atom is 0.245 e. The van der Waals surface area contributed by atoms with Gasteiger partial charge >= 0.3 is 0 Å². The highest BCUT2D eigenvalue weighted by atomic mass is 16.5. The fourth-order valence-electron chi connectivity index (χ4n) is 2.90. The van der Waals surface area contributed by atoms with E-state index in [0.717, 1.165) is 23.8 Å². The van der Waals surface area contributed by atoms with Crippen LogP contribution in [0.4, 0.5) is 0 Å². The van der Waals surface area contributed by atoms with Crippen molar-refractivity contribution in [2.24, 2.45) is 5.92 Å². The molecule has 0 aromatic carbocycles. The first kappa shape index (κ1) is 22.4. The number of hydrogen-bond acceptors (Lipinski definition) is 2. The van der Waals surface area contributed by atoms with Crippen molar-refractivity contribution in [2.45, 2.75) is 111 Å². The SMILES string of the molecule is CCN(O)C(=O)CCCCCCCCCCCCCCC(C)C. The monoisotopic (exact) mass is 327 g/mol. The molecule has 0 unspecified atom stereocenters. The summed E-state index contributed by atoms with van der Waals surface area (Å²) < 4.78 is 0. The normalized spacial score (nSPS) is 11.2. The molecule has 0 heterocycles. The summed E-state index contributed by atoms with van der Waals surface area (Å²) in [6.45, 7) is 6.79. The Morgan fingerprint density at radius 3 is 1.57 bits per heavy atom. The van der Waals surface area contributed by atoms with Crippen molar-refractivity contribution in [2.75, 3.05) is 6.54 Å². The molecule has 0 aromatic heterocycles. The predicted molar refractivity (Wildman–Crippen MR) is 98.6 cm³/mol. The first-order valence-electron chi connectivity index (χ1n) is 10.1. The van der Waals surface area contributed by atoms with E-state index < -0.39 is 0 Å². The lowest BCUT2D eigenvalue weighted by Gasteiger charge is -2.11. The van der Waals surface area contributed by atoms with Gasteiger partial charge in [0, 0.05) is 13.0 Å². The Morgan fingerprint density at radius 2 is 1.17 bits per heavy atom. The van der Waals surface area contributed by atoms with Crippen LogP contribution in [0, 0.1) is 5.92 Å². The smallest absolute Gasteiger partial charge is 0.245 e. The zero-order chi connectivity index (χ0) is 17.3. The Balaban J connectivity index is 3.12. The quantitative estimate of drug-likeness (QED) is 0.204. The van der Waals surface area contributed by atoms with Crippen LogP contribution in [0.1, 0.15) is 111 Å². The molecule has 0 rings (SSSR count). The molecule has 0 aromatic rings. The first-order chi connectivity index (χ1) is 11.1. The molecule has 0 radical (unpaired) electrons. The van der Waals surface area contributed by atoms with Crippen LogP contribution in [-0.2, 0) is 4.79 Å². The fourth-order valence-corrected chi connectivity index (χ4v) is 2.90. The average molecular weight is 328 g/mol. The Morgan fingerprint density at radius 1 is 0.783 bits per heavy atom. The molecule has 0 saturated carbocycles. The Kier molecular flexibility index (Phi) is 15.9. The standard InChI is InChI=1S/C20H41NO2/c1-4-21(23)20(22)18-16-14-12-10-8-6-5-7-9-11-13-15-17-19(2)3/h19,23H,4-18H2,1-3H3. The molecule has 0 spiro atoms. The molecule has 0 fully saturated rings. The van der Waals surface area contributed by atoms with Gasteiger partial charge in [0.15, 0.2) is 0 Å². The van der Waals surface area contributed by atoms with Gasteiger partial charge in [0.25, 0.3) is 0 Å². The largest absolute Gasteiger partial charge is 0.286 e. The zero-order valence-corrected chi connectivity index (χ0v) is 16.0. The average Bonchev–Trinajstić information content (AvgIpc) is 2.53. The molecule has 3 heteroatoms. The van der Waals surface area contributed by atoms with Crippen molar-refractivity contribution in [3.63, 3.8) is 0 Å². The maximum atomic E-state index is 11.4. The van der Waals surface area contributed by atoms with E-state index in [4.69, 9.17) is 0 Å². The number of carbonyl (C=O) groups excluding carboxylic acids is 1. The minimum atomic E-state index is -0.138. The van der Waals surface area contributed by atoms with Crippen LogP contribution in [0.15, 0.2) is 0 Å². The highest BCUT2D eigenvalue weighted by Gasteiger charge is 2.07. The molecule has 0 aliphatic rings. The minimum absolute atomic E-state index is 0.138. The predicted octanol–water partition coefficient (Wildman–Crippen LogP) is 6.34. The second kappa shape index (κ2) is 16.3. The third-order valence-electron chi connectivity index (χ3n) is 4.51. The van der Waals surface area contributed by atoms with E-state index in [9.17, 15) is 10.0 Å². The number of carbonyl (C=O) groups is 1. The van der Waals surface area contributed by atoms with Gasteiger partial charge in [-0.05, 0) is 19.3 Å². The van der Waals surface area contributed by atoms with Crippen molar-refractivity contribution in [3.8, 4) is 0 Å². The second-order valence-corrected chi connectivity index (χ2v) is 7.28. The second-order valence-electron chi connectivity index (χ2n) is 7.28. The molecular weight excluding hydrogens is 286 g/mol. The Bertz CT molecular complexity index is 266. The van der Waals surface area contributed by atoms with Gasteiger partial charge in [-0.1, -0.05) is 90.9 Å². The fraction of sp³-hybridized carbons (Fsp3) is 0.950. The van der Waals surface area contributed by atoms with E-state index in [-0.39, 0.29) is 5.91 Å². The maximum absolute atomic E-state index is 11.4. The summed E-state index contributed by atoms with van der Waals surface area (Å²) in [4.78, 5) is 11.4. The number of rotatable bonds is 16. The number of amides is 1. The van der Waals surface area contributed by atoms with Crippen LogP contribution >= 0.6 is 0 Å². The molecule has 1 amide bonds. The van der Waals surface area contributed by atoms with E-state index >= 15 is 0 Å². The van der Waals surface area contributed by atoms with E-state index in [1.165, 1.54) is 70.6 Å². The molecule has 1 N–H and O–H groups in total. The topological polar surface area (TPSA) is 40.5 Å². The first-order valence-corrected chi connectivity index (χ1v) is 10.1. The van der Waals surface area contributed by atoms with E-state index in [0.29, 0.717) is 13.0 Å².